The fraction of sp³-hybridized carbons (Fsp3) is 1.00. The number of aliphatic hydroxyl groups is 1. The zero-order valence-electron chi connectivity index (χ0n) is 7.23. The van der Waals surface area contributed by atoms with E-state index in [1.54, 1.807) is 6.92 Å². The molecule has 1 atom stereocenters. The summed E-state index contributed by atoms with van der Waals surface area (Å²) in [6.45, 7) is 2.52. The molecular weight excluding hydrogens is 171 g/mol. The highest BCUT2D eigenvalue weighted by Crippen LogP contribution is 2.16. The van der Waals surface area contributed by atoms with E-state index in [1.165, 1.54) is 6.92 Å². The second-order valence-corrected chi connectivity index (χ2v) is 2.79. The number of alkyl halides is 3. The highest BCUT2D eigenvalue weighted by Gasteiger charge is 2.30. The van der Waals surface area contributed by atoms with Crippen molar-refractivity contribution in [1.29, 1.82) is 0 Å². The van der Waals surface area contributed by atoms with E-state index in [2.05, 4.69) is 0 Å². The summed E-state index contributed by atoms with van der Waals surface area (Å²) in [4.78, 5) is 1.16. The van der Waals surface area contributed by atoms with Crippen LogP contribution >= 0.6 is 0 Å². The summed E-state index contributed by atoms with van der Waals surface area (Å²) < 4.78 is 35.5. The van der Waals surface area contributed by atoms with Crippen molar-refractivity contribution in [1.82, 2.24) is 4.90 Å². The first-order valence-corrected chi connectivity index (χ1v) is 3.82. The zero-order valence-corrected chi connectivity index (χ0v) is 7.23. The Balaban J connectivity index is 3.83. The molecule has 0 aliphatic heterocycles. The molecule has 0 aromatic heterocycles. The Morgan fingerprint density at radius 1 is 1.42 bits per heavy atom. The molecule has 0 saturated carbocycles. The third-order valence-electron chi connectivity index (χ3n) is 1.37. The predicted molar refractivity (Wildman–Crippen MR) is 39.8 cm³/mol. The summed E-state index contributed by atoms with van der Waals surface area (Å²) in [5.41, 5.74) is 0. The molecule has 0 spiro atoms. The molecule has 0 amide bonds. The van der Waals surface area contributed by atoms with Crippen LogP contribution in [0.1, 0.15) is 13.8 Å². The fourth-order valence-corrected chi connectivity index (χ4v) is 0.933. The number of nitrogens with zero attached hydrogens (tertiary/aromatic N) is 1. The lowest BCUT2D eigenvalue weighted by atomic mass is 10.3. The molecule has 0 heterocycles. The van der Waals surface area contributed by atoms with Gasteiger partial charge in [-0.15, -0.1) is 0 Å². The highest BCUT2D eigenvalue weighted by molar-refractivity contribution is 4.63. The first kappa shape index (κ1) is 11.7. The number of likely N-dealkylation sites (N-methyl/N-ethyl adjacent to an activating group) is 1. The third kappa shape index (κ3) is 6.42. The van der Waals surface area contributed by atoms with Crippen LogP contribution in [0, 0.1) is 0 Å². The first-order valence-electron chi connectivity index (χ1n) is 3.82. The molecule has 0 aromatic rings. The summed E-state index contributed by atoms with van der Waals surface area (Å²) in [6, 6.07) is 0. The van der Waals surface area contributed by atoms with Gasteiger partial charge in [0.25, 0.3) is 0 Å². The van der Waals surface area contributed by atoms with Crippen molar-refractivity contribution in [3.05, 3.63) is 0 Å². The van der Waals surface area contributed by atoms with Crippen LogP contribution in [0.4, 0.5) is 13.2 Å². The normalized spacial score (nSPS) is 15.2. The van der Waals surface area contributed by atoms with Crippen molar-refractivity contribution in [2.45, 2.75) is 26.1 Å². The van der Waals surface area contributed by atoms with E-state index in [1.807, 2.05) is 0 Å². The Morgan fingerprint density at radius 3 is 2.17 bits per heavy atom. The van der Waals surface area contributed by atoms with E-state index < -0.39 is 18.8 Å². The monoisotopic (exact) mass is 185 g/mol. The van der Waals surface area contributed by atoms with Gasteiger partial charge in [0.05, 0.1) is 12.6 Å². The Hall–Kier alpha value is -0.290. The molecule has 12 heavy (non-hydrogen) atoms. The minimum absolute atomic E-state index is 0.0655. The van der Waals surface area contributed by atoms with Crippen LogP contribution in [0.25, 0.3) is 0 Å². The smallest absolute Gasteiger partial charge is 0.392 e. The third-order valence-corrected chi connectivity index (χ3v) is 1.37. The Kier molecular flexibility index (Phi) is 4.55. The van der Waals surface area contributed by atoms with Crippen molar-refractivity contribution in [2.75, 3.05) is 19.6 Å². The Labute approximate surface area is 70.0 Å². The lowest BCUT2D eigenvalue weighted by molar-refractivity contribution is -0.147. The van der Waals surface area contributed by atoms with Gasteiger partial charge in [-0.3, -0.25) is 4.90 Å². The topological polar surface area (TPSA) is 23.5 Å². The second-order valence-electron chi connectivity index (χ2n) is 2.79. The predicted octanol–water partition coefficient (Wildman–Crippen LogP) is 1.25. The molecule has 2 nitrogen and oxygen atoms in total. The van der Waals surface area contributed by atoms with Crippen molar-refractivity contribution in [3.8, 4) is 0 Å². The number of hydrogen-bond acceptors (Lipinski definition) is 2. The van der Waals surface area contributed by atoms with Gasteiger partial charge in [-0.2, -0.15) is 13.2 Å². The number of rotatable bonds is 4. The van der Waals surface area contributed by atoms with Gasteiger partial charge in [0, 0.05) is 6.54 Å². The quantitative estimate of drug-likeness (QED) is 0.712. The fourth-order valence-electron chi connectivity index (χ4n) is 0.933. The van der Waals surface area contributed by atoms with E-state index in [4.69, 9.17) is 5.11 Å². The van der Waals surface area contributed by atoms with Gasteiger partial charge < -0.3 is 5.11 Å². The van der Waals surface area contributed by atoms with Crippen LogP contribution in [-0.2, 0) is 0 Å². The molecule has 1 unspecified atom stereocenters. The molecule has 0 aliphatic rings. The van der Waals surface area contributed by atoms with Crippen LogP contribution in [0.5, 0.6) is 0 Å². The standard InChI is InChI=1S/C7H14F3NO/c1-3-11(4-6(2)12)5-7(8,9)10/h6,12H,3-5H2,1-2H3. The number of halogens is 3. The zero-order chi connectivity index (χ0) is 9.78. The maximum absolute atomic E-state index is 11.8. The summed E-state index contributed by atoms with van der Waals surface area (Å²) in [5.74, 6) is 0. The molecule has 0 rings (SSSR count). The lowest BCUT2D eigenvalue weighted by Crippen LogP contribution is -2.38. The van der Waals surface area contributed by atoms with Gasteiger partial charge >= 0.3 is 6.18 Å². The molecule has 0 bridgehead atoms. The van der Waals surface area contributed by atoms with Crippen LogP contribution in [0.3, 0.4) is 0 Å². The van der Waals surface area contributed by atoms with E-state index in [0.717, 1.165) is 4.90 Å². The van der Waals surface area contributed by atoms with E-state index in [9.17, 15) is 13.2 Å². The maximum atomic E-state index is 11.8. The largest absolute Gasteiger partial charge is 0.401 e. The lowest BCUT2D eigenvalue weighted by Gasteiger charge is -2.22. The van der Waals surface area contributed by atoms with Crippen molar-refractivity contribution in [2.24, 2.45) is 0 Å². The van der Waals surface area contributed by atoms with Crippen LogP contribution in [0.2, 0.25) is 0 Å². The van der Waals surface area contributed by atoms with Gasteiger partial charge in [0.2, 0.25) is 0 Å². The first-order chi connectivity index (χ1) is 5.35. The van der Waals surface area contributed by atoms with Crippen molar-refractivity contribution < 1.29 is 18.3 Å². The summed E-state index contributed by atoms with van der Waals surface area (Å²) in [5, 5.41) is 8.84. The SMILES string of the molecule is CCN(CC(C)O)CC(F)(F)F. The number of aliphatic hydroxyl groups excluding tert-OH is 1. The van der Waals surface area contributed by atoms with Gasteiger partial charge in [0.1, 0.15) is 0 Å². The molecule has 1 N–H and O–H groups in total. The summed E-state index contributed by atoms with van der Waals surface area (Å²) in [6.07, 6.45) is -4.89. The van der Waals surface area contributed by atoms with Gasteiger partial charge in [0.15, 0.2) is 0 Å². The Morgan fingerprint density at radius 2 is 1.92 bits per heavy atom. The maximum Gasteiger partial charge on any atom is 0.401 e. The molecule has 5 heteroatoms. The molecular formula is C7H14F3NO. The second kappa shape index (κ2) is 4.67. The van der Waals surface area contributed by atoms with Gasteiger partial charge in [-0.25, -0.2) is 0 Å². The Bertz CT molecular complexity index is 124. The summed E-state index contributed by atoms with van der Waals surface area (Å²) >= 11 is 0. The minimum atomic E-state index is -4.18. The minimum Gasteiger partial charge on any atom is -0.392 e. The van der Waals surface area contributed by atoms with Crippen LogP contribution < -0.4 is 0 Å². The van der Waals surface area contributed by atoms with Crippen molar-refractivity contribution >= 4 is 0 Å². The van der Waals surface area contributed by atoms with Gasteiger partial charge in [-0.1, -0.05) is 6.92 Å². The average molecular weight is 185 g/mol. The molecule has 0 radical (unpaired) electrons. The van der Waals surface area contributed by atoms with Crippen LogP contribution in [0.15, 0.2) is 0 Å². The summed E-state index contributed by atoms with van der Waals surface area (Å²) in [7, 11) is 0. The van der Waals surface area contributed by atoms with Crippen LogP contribution in [-0.4, -0.2) is 41.9 Å². The van der Waals surface area contributed by atoms with Crippen molar-refractivity contribution in [3.63, 3.8) is 0 Å². The average Bonchev–Trinajstić information content (AvgIpc) is 1.82. The molecule has 74 valence electrons. The van der Waals surface area contributed by atoms with Gasteiger partial charge in [-0.05, 0) is 13.5 Å². The highest BCUT2D eigenvalue weighted by atomic mass is 19.4. The van der Waals surface area contributed by atoms with E-state index >= 15 is 0 Å². The molecule has 0 aromatic carbocycles. The van der Waals surface area contributed by atoms with E-state index in [-0.39, 0.29) is 6.54 Å². The molecule has 0 fully saturated rings. The molecule has 0 aliphatic carbocycles. The molecule has 0 saturated heterocycles. The number of hydrogen-bond donors (Lipinski definition) is 1. The van der Waals surface area contributed by atoms with E-state index in [0.29, 0.717) is 6.54 Å².